The van der Waals surface area contributed by atoms with Crippen molar-refractivity contribution < 1.29 is 14.6 Å². The molecule has 1 aliphatic heterocycles. The number of nitrogens with two attached hydrogens (primary N) is 1. The Bertz CT molecular complexity index is 691. The number of nitrogen functional groups attached to an aromatic ring is 1. The third-order valence-electron chi connectivity index (χ3n) is 3.49. The van der Waals surface area contributed by atoms with Crippen LogP contribution in [0, 0.1) is 0 Å². The Labute approximate surface area is 125 Å². The van der Waals surface area contributed by atoms with E-state index >= 15 is 0 Å². The number of anilines is 1. The van der Waals surface area contributed by atoms with Gasteiger partial charge in [0.25, 0.3) is 0 Å². The Balaban J connectivity index is 1.96. The number of carbonyl (C=O) groups excluding carboxylic acids is 1. The third kappa shape index (κ3) is 2.37. The van der Waals surface area contributed by atoms with Crippen LogP contribution in [0.15, 0.2) is 12.7 Å². The maximum Gasteiger partial charge on any atom is 0.167 e. The Morgan fingerprint density at radius 3 is 3.00 bits per heavy atom. The summed E-state index contributed by atoms with van der Waals surface area (Å²) in [5, 5.41) is 9.84. The van der Waals surface area contributed by atoms with Gasteiger partial charge in [-0.05, 0) is 6.92 Å². The fourth-order valence-corrected chi connectivity index (χ4v) is 2.79. The van der Waals surface area contributed by atoms with Crippen LogP contribution >= 0.6 is 12.6 Å². The topological polar surface area (TPSA) is 116 Å². The van der Waals surface area contributed by atoms with E-state index in [0.717, 1.165) is 0 Å². The van der Waals surface area contributed by atoms with Gasteiger partial charge in [0.2, 0.25) is 0 Å². The number of aromatic nitrogens is 4. The van der Waals surface area contributed by atoms with Crippen molar-refractivity contribution in [3.63, 3.8) is 0 Å². The first-order valence-electron chi connectivity index (χ1n) is 6.43. The molecule has 3 heterocycles. The molecule has 3 N–H and O–H groups in total. The number of aliphatic hydroxyl groups is 1. The van der Waals surface area contributed by atoms with Crippen LogP contribution in [0.5, 0.6) is 0 Å². The van der Waals surface area contributed by atoms with Crippen molar-refractivity contribution in [2.24, 2.45) is 0 Å². The normalized spacial score (nSPS) is 29.1. The second kappa shape index (κ2) is 5.24. The second-order valence-corrected chi connectivity index (χ2v) is 5.63. The van der Waals surface area contributed by atoms with E-state index in [0.29, 0.717) is 11.2 Å². The van der Waals surface area contributed by atoms with Gasteiger partial charge in [-0.15, -0.1) is 0 Å². The maximum atomic E-state index is 11.3. The van der Waals surface area contributed by atoms with E-state index in [9.17, 15) is 9.90 Å². The summed E-state index contributed by atoms with van der Waals surface area (Å²) in [5.74, 6) is 0.239. The first-order valence-corrected chi connectivity index (χ1v) is 6.94. The predicted molar refractivity (Wildman–Crippen MR) is 77.7 cm³/mol. The number of Topliss-reactive ketones (excluding diaryl/α,β-unsaturated/α-hetero) is 1. The zero-order valence-corrected chi connectivity index (χ0v) is 12.1. The van der Waals surface area contributed by atoms with Gasteiger partial charge >= 0.3 is 0 Å². The van der Waals surface area contributed by atoms with E-state index in [1.807, 2.05) is 0 Å². The molecule has 0 aliphatic carbocycles. The van der Waals surface area contributed by atoms with E-state index in [4.69, 9.17) is 10.5 Å². The predicted octanol–water partition coefficient (Wildman–Crippen LogP) is -0.0557. The highest BCUT2D eigenvalue weighted by atomic mass is 32.1. The fourth-order valence-electron chi connectivity index (χ4n) is 2.47. The lowest BCUT2D eigenvalue weighted by atomic mass is 10.1. The molecule has 9 heteroatoms. The molecule has 3 rings (SSSR count). The van der Waals surface area contributed by atoms with E-state index < -0.39 is 23.7 Å². The summed E-state index contributed by atoms with van der Waals surface area (Å²) < 4.78 is 7.35. The van der Waals surface area contributed by atoms with Gasteiger partial charge in [-0.1, -0.05) is 0 Å². The SMILES string of the molecule is CC(=O)C[C@H]1O[C@@H](n2cnc3c(N)ncnc32)[C@H](O)[C@@H]1S. The van der Waals surface area contributed by atoms with Gasteiger partial charge in [0.05, 0.1) is 17.7 Å². The van der Waals surface area contributed by atoms with E-state index in [1.54, 1.807) is 4.57 Å². The summed E-state index contributed by atoms with van der Waals surface area (Å²) >= 11 is 4.34. The zero-order valence-electron chi connectivity index (χ0n) is 11.2. The lowest BCUT2D eigenvalue weighted by molar-refractivity contribution is -0.120. The van der Waals surface area contributed by atoms with Gasteiger partial charge in [-0.2, -0.15) is 12.6 Å². The number of hydrogen-bond acceptors (Lipinski definition) is 8. The third-order valence-corrected chi connectivity index (χ3v) is 4.13. The highest BCUT2D eigenvalue weighted by Crippen LogP contribution is 2.35. The molecule has 0 unspecified atom stereocenters. The molecule has 8 nitrogen and oxygen atoms in total. The number of ether oxygens (including phenoxy) is 1. The minimum Gasteiger partial charge on any atom is -0.387 e. The maximum absolute atomic E-state index is 11.3. The van der Waals surface area contributed by atoms with Gasteiger partial charge in [0.15, 0.2) is 17.7 Å². The van der Waals surface area contributed by atoms with Crippen LogP contribution in [0.3, 0.4) is 0 Å². The van der Waals surface area contributed by atoms with Crippen LogP contribution in [0.25, 0.3) is 11.2 Å². The summed E-state index contributed by atoms with van der Waals surface area (Å²) in [6.07, 6.45) is 0.957. The molecule has 0 bridgehead atoms. The molecular formula is C12H15N5O3S. The average molecular weight is 309 g/mol. The lowest BCUT2D eigenvalue weighted by Gasteiger charge is -2.16. The smallest absolute Gasteiger partial charge is 0.167 e. The van der Waals surface area contributed by atoms with Crippen molar-refractivity contribution in [1.29, 1.82) is 0 Å². The molecule has 21 heavy (non-hydrogen) atoms. The largest absolute Gasteiger partial charge is 0.387 e. The van der Waals surface area contributed by atoms with Crippen LogP contribution < -0.4 is 5.73 Å². The Kier molecular flexibility index (Phi) is 3.56. The average Bonchev–Trinajstić information content (AvgIpc) is 2.96. The molecule has 1 aliphatic rings. The van der Waals surface area contributed by atoms with E-state index in [2.05, 4.69) is 27.6 Å². The monoisotopic (exact) mass is 309 g/mol. The number of aliphatic hydroxyl groups excluding tert-OH is 1. The fraction of sp³-hybridized carbons (Fsp3) is 0.500. The minimum absolute atomic E-state index is 0.0195. The number of hydrogen-bond donors (Lipinski definition) is 3. The standard InChI is InChI=1S/C12H15N5O3S/c1-5(18)2-6-9(21)8(19)12(20-6)17-4-16-7-10(13)14-3-15-11(7)17/h3-4,6,8-9,12,19,21H,2H2,1H3,(H2,13,14,15)/t6-,8-,9-,12-/m1/s1. The van der Waals surface area contributed by atoms with Crippen LogP contribution in [0.1, 0.15) is 19.6 Å². The second-order valence-electron chi connectivity index (χ2n) is 5.04. The van der Waals surface area contributed by atoms with Gasteiger partial charge in [0, 0.05) is 6.42 Å². The summed E-state index contributed by atoms with van der Waals surface area (Å²) in [6, 6.07) is 0. The van der Waals surface area contributed by atoms with Gasteiger partial charge in [-0.25, -0.2) is 15.0 Å². The molecular weight excluding hydrogens is 294 g/mol. The molecule has 4 atom stereocenters. The van der Waals surface area contributed by atoms with Crippen LogP contribution in [0.4, 0.5) is 5.82 Å². The van der Waals surface area contributed by atoms with Crippen molar-refractivity contribution >= 4 is 35.4 Å². The molecule has 0 amide bonds. The zero-order chi connectivity index (χ0) is 15.1. The van der Waals surface area contributed by atoms with Gasteiger partial charge in [0.1, 0.15) is 23.7 Å². The molecule has 0 spiro atoms. The number of imidazole rings is 1. The number of carbonyl (C=O) groups is 1. The summed E-state index contributed by atoms with van der Waals surface area (Å²) in [6.45, 7) is 1.48. The highest BCUT2D eigenvalue weighted by molar-refractivity contribution is 7.81. The Morgan fingerprint density at radius 2 is 2.29 bits per heavy atom. The molecule has 0 aromatic carbocycles. The summed E-state index contributed by atoms with van der Waals surface area (Å²) in [4.78, 5) is 23.4. The summed E-state index contributed by atoms with van der Waals surface area (Å²) in [5.41, 5.74) is 6.65. The van der Waals surface area contributed by atoms with Crippen molar-refractivity contribution in [3.05, 3.63) is 12.7 Å². The molecule has 112 valence electrons. The van der Waals surface area contributed by atoms with Crippen molar-refractivity contribution in [3.8, 4) is 0 Å². The number of fused-ring (bicyclic) bond motifs is 1. The molecule has 1 saturated heterocycles. The number of thiol groups is 1. The van der Waals surface area contributed by atoms with Crippen LogP contribution in [0.2, 0.25) is 0 Å². The lowest BCUT2D eigenvalue weighted by Crippen LogP contribution is -2.28. The summed E-state index contributed by atoms with van der Waals surface area (Å²) in [7, 11) is 0. The molecule has 0 saturated carbocycles. The Morgan fingerprint density at radius 1 is 1.52 bits per heavy atom. The quantitative estimate of drug-likeness (QED) is 0.680. The Hall–Kier alpha value is -1.71. The first-order chi connectivity index (χ1) is 9.99. The first kappa shape index (κ1) is 14.2. The number of rotatable bonds is 3. The molecule has 1 fully saturated rings. The minimum atomic E-state index is -0.883. The van der Waals surface area contributed by atoms with Crippen molar-refractivity contribution in [2.75, 3.05) is 5.73 Å². The van der Waals surface area contributed by atoms with E-state index in [-0.39, 0.29) is 18.0 Å². The molecule has 0 radical (unpaired) electrons. The van der Waals surface area contributed by atoms with Crippen molar-refractivity contribution in [2.45, 2.75) is 37.0 Å². The van der Waals surface area contributed by atoms with Crippen LogP contribution in [-0.2, 0) is 9.53 Å². The van der Waals surface area contributed by atoms with Crippen LogP contribution in [-0.4, -0.2) is 47.9 Å². The van der Waals surface area contributed by atoms with E-state index in [1.165, 1.54) is 19.6 Å². The van der Waals surface area contributed by atoms with Gasteiger partial charge in [-0.3, -0.25) is 9.36 Å². The molecule has 2 aromatic rings. The van der Waals surface area contributed by atoms with Gasteiger partial charge < -0.3 is 15.6 Å². The number of ketones is 1. The highest BCUT2D eigenvalue weighted by Gasteiger charge is 2.43. The number of nitrogens with zero attached hydrogens (tertiary/aromatic N) is 4. The van der Waals surface area contributed by atoms with Crippen molar-refractivity contribution in [1.82, 2.24) is 19.5 Å². The molecule has 2 aromatic heterocycles.